The molecule has 2 aliphatic rings. The predicted molar refractivity (Wildman–Crippen MR) is 117 cm³/mol. The largest absolute Gasteiger partial charge is 0.496 e. The summed E-state index contributed by atoms with van der Waals surface area (Å²) in [5, 5.41) is 3.37. The second-order valence-electron chi connectivity index (χ2n) is 9.01. The quantitative estimate of drug-likeness (QED) is 0.503. The SMILES string of the molecule is CCCCCOC(=O)C1=C(C)NC2=C(C(=O)CC(C)(C)C2)C1c1ccccc1OC. The Hall–Kier alpha value is -2.56. The zero-order chi connectivity index (χ0) is 21.9. The lowest BCUT2D eigenvalue weighted by molar-refractivity contribution is -0.139. The van der Waals surface area contributed by atoms with Crippen molar-refractivity contribution >= 4 is 11.8 Å². The van der Waals surface area contributed by atoms with Crippen molar-refractivity contribution in [2.45, 2.75) is 65.7 Å². The van der Waals surface area contributed by atoms with Gasteiger partial charge in [0, 0.05) is 29.0 Å². The predicted octanol–water partition coefficient (Wildman–Crippen LogP) is 5.03. The van der Waals surface area contributed by atoms with Gasteiger partial charge in [-0.3, -0.25) is 4.79 Å². The van der Waals surface area contributed by atoms with E-state index in [9.17, 15) is 9.59 Å². The van der Waals surface area contributed by atoms with Crippen LogP contribution >= 0.6 is 0 Å². The molecule has 1 aliphatic carbocycles. The molecule has 1 aromatic rings. The van der Waals surface area contributed by atoms with E-state index in [1.807, 2.05) is 31.2 Å². The first-order chi connectivity index (χ1) is 14.3. The third-order valence-corrected chi connectivity index (χ3v) is 5.89. The van der Waals surface area contributed by atoms with Crippen molar-refractivity contribution in [1.29, 1.82) is 0 Å². The minimum Gasteiger partial charge on any atom is -0.496 e. The number of dihydropyridines is 1. The van der Waals surface area contributed by atoms with Gasteiger partial charge in [-0.2, -0.15) is 0 Å². The van der Waals surface area contributed by atoms with Crippen LogP contribution < -0.4 is 10.1 Å². The molecule has 1 N–H and O–H groups in total. The van der Waals surface area contributed by atoms with Crippen molar-refractivity contribution in [3.8, 4) is 5.75 Å². The molecule has 30 heavy (non-hydrogen) atoms. The van der Waals surface area contributed by atoms with Crippen molar-refractivity contribution in [3.05, 3.63) is 52.4 Å². The lowest BCUT2D eigenvalue weighted by Crippen LogP contribution is -2.38. The van der Waals surface area contributed by atoms with Gasteiger partial charge in [0.25, 0.3) is 0 Å². The van der Waals surface area contributed by atoms with Crippen LogP contribution in [0.25, 0.3) is 0 Å². The van der Waals surface area contributed by atoms with E-state index in [0.29, 0.717) is 29.9 Å². The van der Waals surface area contributed by atoms with Gasteiger partial charge < -0.3 is 14.8 Å². The van der Waals surface area contributed by atoms with Crippen LogP contribution in [-0.2, 0) is 14.3 Å². The number of para-hydroxylation sites is 1. The van der Waals surface area contributed by atoms with Gasteiger partial charge in [-0.15, -0.1) is 0 Å². The van der Waals surface area contributed by atoms with Crippen molar-refractivity contribution in [3.63, 3.8) is 0 Å². The summed E-state index contributed by atoms with van der Waals surface area (Å²) < 4.78 is 11.2. The molecule has 0 aromatic heterocycles. The number of methoxy groups -OCH3 is 1. The number of carbonyl (C=O) groups excluding carboxylic acids is 2. The van der Waals surface area contributed by atoms with E-state index in [2.05, 4.69) is 26.1 Å². The molecule has 1 aromatic carbocycles. The Kier molecular flexibility index (Phi) is 6.69. The van der Waals surface area contributed by atoms with Crippen LogP contribution in [0.1, 0.15) is 71.3 Å². The highest BCUT2D eigenvalue weighted by atomic mass is 16.5. The average Bonchev–Trinajstić information content (AvgIpc) is 2.69. The lowest BCUT2D eigenvalue weighted by atomic mass is 9.68. The summed E-state index contributed by atoms with van der Waals surface area (Å²) in [6, 6.07) is 7.61. The topological polar surface area (TPSA) is 64.6 Å². The summed E-state index contributed by atoms with van der Waals surface area (Å²) >= 11 is 0. The first-order valence-corrected chi connectivity index (χ1v) is 10.8. The van der Waals surface area contributed by atoms with E-state index in [1.165, 1.54) is 0 Å². The Balaban J connectivity index is 2.07. The molecule has 162 valence electrons. The number of ether oxygens (including phenoxy) is 2. The van der Waals surface area contributed by atoms with Crippen molar-refractivity contribution in [2.24, 2.45) is 5.41 Å². The molecular formula is C25H33NO4. The summed E-state index contributed by atoms with van der Waals surface area (Å²) in [6.45, 7) is 8.59. The Labute approximate surface area is 179 Å². The van der Waals surface area contributed by atoms with Crippen LogP contribution in [0.3, 0.4) is 0 Å². The molecule has 3 rings (SSSR count). The van der Waals surface area contributed by atoms with E-state index >= 15 is 0 Å². The second kappa shape index (κ2) is 9.07. The summed E-state index contributed by atoms with van der Waals surface area (Å²) in [5.74, 6) is -0.109. The van der Waals surface area contributed by atoms with Gasteiger partial charge >= 0.3 is 5.97 Å². The average molecular weight is 412 g/mol. The summed E-state index contributed by atoms with van der Waals surface area (Å²) in [5.41, 5.74) is 3.53. The number of hydrogen-bond acceptors (Lipinski definition) is 5. The Morgan fingerprint density at radius 2 is 1.93 bits per heavy atom. The fraction of sp³-hybridized carbons (Fsp3) is 0.520. The summed E-state index contributed by atoms with van der Waals surface area (Å²) in [7, 11) is 1.61. The van der Waals surface area contributed by atoms with Crippen LogP contribution in [0.5, 0.6) is 5.75 Å². The minimum atomic E-state index is -0.486. The Bertz CT molecular complexity index is 894. The highest BCUT2D eigenvalue weighted by Crippen LogP contribution is 2.48. The van der Waals surface area contributed by atoms with Gasteiger partial charge in [0.1, 0.15) is 5.75 Å². The number of hydrogen-bond donors (Lipinski definition) is 1. The van der Waals surface area contributed by atoms with Crippen LogP contribution in [-0.4, -0.2) is 25.5 Å². The number of Topliss-reactive ketones (excluding diaryl/α,β-unsaturated/α-hetero) is 1. The van der Waals surface area contributed by atoms with E-state index in [1.54, 1.807) is 7.11 Å². The normalized spacial score (nSPS) is 20.6. The van der Waals surface area contributed by atoms with Crippen molar-refractivity contribution in [2.75, 3.05) is 13.7 Å². The minimum absolute atomic E-state index is 0.0773. The van der Waals surface area contributed by atoms with Crippen molar-refractivity contribution < 1.29 is 19.1 Å². The summed E-state index contributed by atoms with van der Waals surface area (Å²) in [4.78, 5) is 26.5. The van der Waals surface area contributed by atoms with Gasteiger partial charge in [0.2, 0.25) is 0 Å². The number of ketones is 1. The van der Waals surface area contributed by atoms with Gasteiger partial charge in [-0.1, -0.05) is 51.8 Å². The number of esters is 1. The van der Waals surface area contributed by atoms with Gasteiger partial charge in [-0.25, -0.2) is 4.79 Å². The van der Waals surface area contributed by atoms with Crippen molar-refractivity contribution in [1.82, 2.24) is 5.32 Å². The standard InChI is InChI=1S/C25H33NO4/c1-6-7-10-13-30-24(28)21-16(2)26-18-14-25(3,4)15-19(27)23(18)22(21)17-11-8-9-12-20(17)29-5/h8-9,11-12,22,26H,6-7,10,13-15H2,1-5H3. The first kappa shape index (κ1) is 22.1. The fourth-order valence-corrected chi connectivity index (χ4v) is 4.52. The number of allylic oxidation sites excluding steroid dienone is 3. The molecule has 0 spiro atoms. The molecule has 0 fully saturated rings. The van der Waals surface area contributed by atoms with Crippen LogP contribution in [0.4, 0.5) is 0 Å². The molecule has 0 saturated carbocycles. The third kappa shape index (κ3) is 4.45. The molecule has 1 atom stereocenters. The maximum Gasteiger partial charge on any atom is 0.336 e. The van der Waals surface area contributed by atoms with Gasteiger partial charge in [0.05, 0.1) is 25.2 Å². The Morgan fingerprint density at radius 3 is 2.63 bits per heavy atom. The van der Waals surface area contributed by atoms with E-state index in [0.717, 1.165) is 42.6 Å². The zero-order valence-corrected chi connectivity index (χ0v) is 18.8. The maximum atomic E-state index is 13.3. The molecule has 0 amide bonds. The summed E-state index contributed by atoms with van der Waals surface area (Å²) in [6.07, 6.45) is 4.13. The number of unbranched alkanes of at least 4 members (excludes halogenated alkanes) is 2. The molecule has 0 radical (unpaired) electrons. The smallest absolute Gasteiger partial charge is 0.336 e. The zero-order valence-electron chi connectivity index (χ0n) is 18.8. The molecule has 5 heteroatoms. The lowest BCUT2D eigenvalue weighted by Gasteiger charge is -2.39. The second-order valence-corrected chi connectivity index (χ2v) is 9.01. The van der Waals surface area contributed by atoms with Crippen LogP contribution in [0, 0.1) is 5.41 Å². The Morgan fingerprint density at radius 1 is 1.20 bits per heavy atom. The third-order valence-electron chi connectivity index (χ3n) is 5.89. The molecule has 1 heterocycles. The number of benzene rings is 1. The van der Waals surface area contributed by atoms with E-state index in [-0.39, 0.29) is 17.2 Å². The van der Waals surface area contributed by atoms with E-state index in [4.69, 9.17) is 9.47 Å². The monoisotopic (exact) mass is 411 g/mol. The van der Waals surface area contributed by atoms with Gasteiger partial charge in [0.15, 0.2) is 5.78 Å². The van der Waals surface area contributed by atoms with Crippen LogP contribution in [0.15, 0.2) is 46.8 Å². The van der Waals surface area contributed by atoms with E-state index < -0.39 is 5.92 Å². The molecule has 0 saturated heterocycles. The molecule has 0 bridgehead atoms. The number of carbonyl (C=O) groups is 2. The van der Waals surface area contributed by atoms with Crippen LogP contribution in [0.2, 0.25) is 0 Å². The highest BCUT2D eigenvalue weighted by molar-refractivity contribution is 6.04. The molecule has 1 unspecified atom stereocenters. The number of rotatable bonds is 7. The highest BCUT2D eigenvalue weighted by Gasteiger charge is 2.43. The number of nitrogens with one attached hydrogen (secondary N) is 1. The first-order valence-electron chi connectivity index (χ1n) is 10.8. The fourth-order valence-electron chi connectivity index (χ4n) is 4.52. The molecular weight excluding hydrogens is 378 g/mol. The van der Waals surface area contributed by atoms with Gasteiger partial charge in [-0.05, 0) is 31.2 Å². The molecule has 5 nitrogen and oxygen atoms in total. The molecule has 1 aliphatic heterocycles. The maximum absolute atomic E-state index is 13.3.